The molecule has 2 aromatic heterocycles. The van der Waals surface area contributed by atoms with Crippen molar-refractivity contribution in [1.29, 1.82) is 0 Å². The van der Waals surface area contributed by atoms with Gasteiger partial charge in [-0.3, -0.25) is 4.40 Å². The first-order valence-electron chi connectivity index (χ1n) is 8.36. The lowest BCUT2D eigenvalue weighted by atomic mass is 10.1. The molecule has 0 unspecified atom stereocenters. The van der Waals surface area contributed by atoms with Crippen molar-refractivity contribution in [3.8, 4) is 28.5 Å². The van der Waals surface area contributed by atoms with Crippen LogP contribution >= 0.6 is 0 Å². The molecule has 4 aromatic rings. The highest BCUT2D eigenvalue weighted by molar-refractivity contribution is 5.76. The fourth-order valence-corrected chi connectivity index (χ4v) is 2.98. The first-order chi connectivity index (χ1) is 13.3. The third-order valence-corrected chi connectivity index (χ3v) is 4.24. The number of hydrogen-bond acceptors (Lipinski definition) is 6. The fraction of sp³-hybridized carbons (Fsp3) is 0.0500. The second kappa shape index (κ2) is 6.14. The van der Waals surface area contributed by atoms with E-state index in [2.05, 4.69) is 10.2 Å². The van der Waals surface area contributed by atoms with Crippen LogP contribution in [0.4, 0.5) is 11.5 Å². The second-order valence-corrected chi connectivity index (χ2v) is 6.00. The number of benzene rings is 2. The Bertz CT molecular complexity index is 1180. The quantitative estimate of drug-likeness (QED) is 0.531. The van der Waals surface area contributed by atoms with E-state index >= 15 is 0 Å². The van der Waals surface area contributed by atoms with Gasteiger partial charge in [0, 0.05) is 17.8 Å². The molecule has 0 amide bonds. The van der Waals surface area contributed by atoms with Crippen LogP contribution in [0.15, 0.2) is 77.1 Å². The predicted molar refractivity (Wildman–Crippen MR) is 99.0 cm³/mol. The summed E-state index contributed by atoms with van der Waals surface area (Å²) in [5.74, 6) is 2.12. The first kappa shape index (κ1) is 15.4. The minimum Gasteiger partial charge on any atom is -0.508 e. The average molecular weight is 358 g/mol. The summed E-state index contributed by atoms with van der Waals surface area (Å²) in [5, 5.41) is 18.3. The number of azo groups is 1. The Morgan fingerprint density at radius 2 is 1.85 bits per heavy atom. The molecule has 0 atom stereocenters. The molecule has 0 aliphatic carbocycles. The topological polar surface area (TPSA) is 80.7 Å². The first-order valence-corrected chi connectivity index (χ1v) is 8.36. The highest BCUT2D eigenvalue weighted by Gasteiger charge is 2.18. The number of phenols is 1. The van der Waals surface area contributed by atoms with Gasteiger partial charge in [0.25, 0.3) is 0 Å². The molecule has 1 N–H and O–H groups in total. The number of hydrogen-bond donors (Lipinski definition) is 1. The van der Waals surface area contributed by atoms with E-state index in [4.69, 9.17) is 14.5 Å². The largest absolute Gasteiger partial charge is 0.508 e. The highest BCUT2D eigenvalue weighted by Crippen LogP contribution is 2.39. The molecule has 132 valence electrons. The van der Waals surface area contributed by atoms with Gasteiger partial charge in [-0.15, -0.1) is 10.2 Å². The fourth-order valence-electron chi connectivity index (χ4n) is 2.98. The van der Waals surface area contributed by atoms with E-state index in [9.17, 15) is 5.11 Å². The Labute approximate surface area is 154 Å². The number of aromatic nitrogens is 2. The van der Waals surface area contributed by atoms with Crippen LogP contribution in [0.2, 0.25) is 0 Å². The van der Waals surface area contributed by atoms with Gasteiger partial charge in [-0.2, -0.15) is 0 Å². The van der Waals surface area contributed by atoms with Crippen molar-refractivity contribution in [2.24, 2.45) is 10.2 Å². The molecule has 5 rings (SSSR count). The third-order valence-electron chi connectivity index (χ3n) is 4.24. The maximum Gasteiger partial charge on any atom is 0.231 e. The molecule has 0 bridgehead atoms. The van der Waals surface area contributed by atoms with Crippen LogP contribution in [0.25, 0.3) is 16.9 Å². The van der Waals surface area contributed by atoms with Gasteiger partial charge in [0.05, 0.1) is 5.69 Å². The van der Waals surface area contributed by atoms with Gasteiger partial charge in [0.15, 0.2) is 17.3 Å². The molecule has 1 aliphatic rings. The Hall–Kier alpha value is -3.87. The van der Waals surface area contributed by atoms with E-state index in [0.29, 0.717) is 28.7 Å². The van der Waals surface area contributed by atoms with Crippen molar-refractivity contribution in [3.05, 3.63) is 66.9 Å². The zero-order valence-corrected chi connectivity index (χ0v) is 14.1. The predicted octanol–water partition coefficient (Wildman–Crippen LogP) is 4.85. The van der Waals surface area contributed by atoms with Crippen LogP contribution in [0.1, 0.15) is 0 Å². The van der Waals surface area contributed by atoms with Gasteiger partial charge in [-0.05, 0) is 42.5 Å². The Kier molecular flexibility index (Phi) is 3.50. The highest BCUT2D eigenvalue weighted by atomic mass is 16.7. The summed E-state index contributed by atoms with van der Waals surface area (Å²) in [6, 6.07) is 18.0. The number of rotatable bonds is 3. The Morgan fingerprint density at radius 3 is 2.78 bits per heavy atom. The summed E-state index contributed by atoms with van der Waals surface area (Å²) >= 11 is 0. The van der Waals surface area contributed by atoms with Crippen LogP contribution in [0.3, 0.4) is 0 Å². The van der Waals surface area contributed by atoms with Gasteiger partial charge in [0.2, 0.25) is 6.79 Å². The second-order valence-electron chi connectivity index (χ2n) is 6.00. The maximum atomic E-state index is 9.62. The van der Waals surface area contributed by atoms with E-state index in [0.717, 1.165) is 11.2 Å². The number of imidazole rings is 1. The van der Waals surface area contributed by atoms with Crippen molar-refractivity contribution in [2.45, 2.75) is 0 Å². The monoisotopic (exact) mass is 358 g/mol. The van der Waals surface area contributed by atoms with Crippen molar-refractivity contribution in [2.75, 3.05) is 6.79 Å². The number of phenolic OH excluding ortho intramolecular Hbond substituents is 1. The number of ether oxygens (including phenoxy) is 2. The average Bonchev–Trinajstić information content (AvgIpc) is 3.30. The van der Waals surface area contributed by atoms with Crippen molar-refractivity contribution >= 4 is 17.2 Å². The number of fused-ring (bicyclic) bond motifs is 2. The summed E-state index contributed by atoms with van der Waals surface area (Å²) in [5.41, 5.74) is 2.85. The Balaban J connectivity index is 1.65. The van der Waals surface area contributed by atoms with Crippen LogP contribution in [0, 0.1) is 0 Å². The van der Waals surface area contributed by atoms with Gasteiger partial charge in [-0.25, -0.2) is 4.98 Å². The molecular formula is C20H14N4O3. The van der Waals surface area contributed by atoms with E-state index in [-0.39, 0.29) is 12.5 Å². The summed E-state index contributed by atoms with van der Waals surface area (Å²) in [4.78, 5) is 4.70. The number of pyridine rings is 1. The van der Waals surface area contributed by atoms with Crippen LogP contribution in [-0.4, -0.2) is 21.3 Å². The summed E-state index contributed by atoms with van der Waals surface area (Å²) < 4.78 is 12.7. The molecule has 3 heterocycles. The molecule has 0 fully saturated rings. The molecule has 0 saturated heterocycles. The SMILES string of the molecule is Oc1cccc(N=Nc2c(-c3ccc4c(c3)OCO4)nc3ccccn23)c1. The van der Waals surface area contributed by atoms with Crippen LogP contribution < -0.4 is 9.47 Å². The summed E-state index contributed by atoms with van der Waals surface area (Å²) in [7, 11) is 0. The third kappa shape index (κ3) is 2.75. The normalized spacial score (nSPS) is 12.9. The molecule has 27 heavy (non-hydrogen) atoms. The van der Waals surface area contributed by atoms with Crippen LogP contribution in [0.5, 0.6) is 17.2 Å². The van der Waals surface area contributed by atoms with Gasteiger partial charge >= 0.3 is 0 Å². The molecule has 7 nitrogen and oxygen atoms in total. The molecule has 1 aliphatic heterocycles. The zero-order chi connectivity index (χ0) is 18.2. The van der Waals surface area contributed by atoms with E-state index in [1.165, 1.54) is 0 Å². The molecular weight excluding hydrogens is 344 g/mol. The minimum atomic E-state index is 0.139. The maximum absolute atomic E-state index is 9.62. The van der Waals surface area contributed by atoms with Crippen molar-refractivity contribution in [1.82, 2.24) is 9.38 Å². The van der Waals surface area contributed by atoms with E-state index < -0.39 is 0 Å². The smallest absolute Gasteiger partial charge is 0.231 e. The zero-order valence-electron chi connectivity index (χ0n) is 14.1. The molecule has 0 saturated carbocycles. The lowest BCUT2D eigenvalue weighted by molar-refractivity contribution is 0.174. The van der Waals surface area contributed by atoms with E-state index in [1.807, 2.05) is 47.0 Å². The standard InChI is InChI=1S/C20H14N4O3/c25-15-5-3-4-14(11-15)22-23-20-19(21-18-6-1-2-9-24(18)20)13-7-8-16-17(10-13)27-12-26-16/h1-11,25H,12H2. The van der Waals surface area contributed by atoms with Crippen molar-refractivity contribution < 1.29 is 14.6 Å². The Morgan fingerprint density at radius 1 is 0.926 bits per heavy atom. The lowest BCUT2D eigenvalue weighted by Crippen LogP contribution is -1.92. The molecule has 0 radical (unpaired) electrons. The van der Waals surface area contributed by atoms with Gasteiger partial charge in [0.1, 0.15) is 17.1 Å². The lowest BCUT2D eigenvalue weighted by Gasteiger charge is -2.02. The van der Waals surface area contributed by atoms with Gasteiger partial charge in [-0.1, -0.05) is 12.1 Å². The molecule has 2 aromatic carbocycles. The summed E-state index contributed by atoms with van der Waals surface area (Å²) in [6.45, 7) is 0.216. The summed E-state index contributed by atoms with van der Waals surface area (Å²) in [6.07, 6.45) is 1.88. The molecule has 0 spiro atoms. The van der Waals surface area contributed by atoms with Crippen LogP contribution in [-0.2, 0) is 0 Å². The minimum absolute atomic E-state index is 0.139. The van der Waals surface area contributed by atoms with Crippen molar-refractivity contribution in [3.63, 3.8) is 0 Å². The number of aromatic hydroxyl groups is 1. The van der Waals surface area contributed by atoms with E-state index in [1.54, 1.807) is 24.3 Å². The molecule has 7 heteroatoms. The number of nitrogens with zero attached hydrogens (tertiary/aromatic N) is 4. The van der Waals surface area contributed by atoms with Gasteiger partial charge < -0.3 is 14.6 Å².